The SMILES string of the molecule is C[C@H](C(=O)Nc1ccccc1)[NH+](C)Cc1ccccc1F. The summed E-state index contributed by atoms with van der Waals surface area (Å²) in [5, 5.41) is 2.87. The molecular weight excluding hydrogens is 267 g/mol. The fourth-order valence-electron chi connectivity index (χ4n) is 2.09. The summed E-state index contributed by atoms with van der Waals surface area (Å²) in [4.78, 5) is 13.1. The molecular formula is C17H20FN2O+. The third-order valence-corrected chi connectivity index (χ3v) is 3.60. The molecule has 0 fully saturated rings. The Morgan fingerprint density at radius 1 is 1.14 bits per heavy atom. The summed E-state index contributed by atoms with van der Waals surface area (Å²) < 4.78 is 13.6. The molecule has 2 aromatic carbocycles. The number of hydrogen-bond acceptors (Lipinski definition) is 1. The average molecular weight is 287 g/mol. The van der Waals surface area contributed by atoms with Crippen LogP contribution in [0, 0.1) is 5.82 Å². The number of likely N-dealkylation sites (N-methyl/N-ethyl adjacent to an activating group) is 1. The van der Waals surface area contributed by atoms with Crippen molar-refractivity contribution in [3.05, 3.63) is 66.0 Å². The molecule has 0 spiro atoms. The van der Waals surface area contributed by atoms with Crippen LogP contribution in [0.4, 0.5) is 10.1 Å². The van der Waals surface area contributed by atoms with Crippen molar-refractivity contribution in [1.82, 2.24) is 0 Å². The van der Waals surface area contributed by atoms with Gasteiger partial charge in [0.1, 0.15) is 12.4 Å². The largest absolute Gasteiger partial charge is 0.324 e. The predicted molar refractivity (Wildman–Crippen MR) is 81.5 cm³/mol. The van der Waals surface area contributed by atoms with Gasteiger partial charge in [-0.1, -0.05) is 36.4 Å². The first kappa shape index (κ1) is 15.2. The van der Waals surface area contributed by atoms with Gasteiger partial charge in [0.2, 0.25) is 0 Å². The van der Waals surface area contributed by atoms with Gasteiger partial charge in [-0.3, -0.25) is 4.79 Å². The maximum absolute atomic E-state index is 13.6. The van der Waals surface area contributed by atoms with Crippen molar-refractivity contribution in [3.8, 4) is 0 Å². The maximum atomic E-state index is 13.6. The lowest BCUT2D eigenvalue weighted by molar-refractivity contribution is -0.908. The number of rotatable bonds is 5. The van der Waals surface area contributed by atoms with Crippen LogP contribution in [-0.2, 0) is 11.3 Å². The Balaban J connectivity index is 1.97. The molecule has 0 aliphatic rings. The molecule has 0 aliphatic heterocycles. The molecule has 1 unspecified atom stereocenters. The van der Waals surface area contributed by atoms with Gasteiger partial charge < -0.3 is 10.2 Å². The normalized spacial score (nSPS) is 13.5. The van der Waals surface area contributed by atoms with Gasteiger partial charge in [-0.25, -0.2) is 4.39 Å². The number of hydrogen-bond donors (Lipinski definition) is 2. The Hall–Kier alpha value is -2.20. The Kier molecular flexibility index (Phi) is 5.06. The van der Waals surface area contributed by atoms with Crippen LogP contribution in [0.5, 0.6) is 0 Å². The van der Waals surface area contributed by atoms with Crippen molar-refractivity contribution >= 4 is 11.6 Å². The average Bonchev–Trinajstić information content (AvgIpc) is 2.49. The molecule has 21 heavy (non-hydrogen) atoms. The molecule has 4 heteroatoms. The van der Waals surface area contributed by atoms with Crippen molar-refractivity contribution in [3.63, 3.8) is 0 Å². The Morgan fingerprint density at radius 2 is 1.76 bits per heavy atom. The Labute approximate surface area is 124 Å². The molecule has 2 aromatic rings. The van der Waals surface area contributed by atoms with E-state index in [1.165, 1.54) is 6.07 Å². The predicted octanol–water partition coefficient (Wildman–Crippen LogP) is 1.87. The summed E-state index contributed by atoms with van der Waals surface area (Å²) in [6.45, 7) is 2.31. The molecule has 2 atom stereocenters. The van der Waals surface area contributed by atoms with Crippen LogP contribution in [0.3, 0.4) is 0 Å². The van der Waals surface area contributed by atoms with E-state index in [4.69, 9.17) is 0 Å². The number of benzene rings is 2. The van der Waals surface area contributed by atoms with Crippen molar-refractivity contribution in [1.29, 1.82) is 0 Å². The smallest absolute Gasteiger partial charge is 0.282 e. The fourth-order valence-corrected chi connectivity index (χ4v) is 2.09. The Morgan fingerprint density at radius 3 is 2.43 bits per heavy atom. The van der Waals surface area contributed by atoms with E-state index < -0.39 is 0 Å². The standard InChI is InChI=1S/C17H19FN2O/c1-13(17(21)19-15-9-4-3-5-10-15)20(2)12-14-8-6-7-11-16(14)18/h3-11,13H,12H2,1-2H3,(H,19,21)/p+1/t13-/m1/s1. The zero-order valence-corrected chi connectivity index (χ0v) is 12.3. The molecule has 0 heterocycles. The van der Waals surface area contributed by atoms with E-state index in [9.17, 15) is 9.18 Å². The van der Waals surface area contributed by atoms with Gasteiger partial charge in [-0.15, -0.1) is 0 Å². The first-order chi connectivity index (χ1) is 10.1. The minimum Gasteiger partial charge on any atom is -0.324 e. The van der Waals surface area contributed by atoms with Crippen LogP contribution >= 0.6 is 0 Å². The zero-order chi connectivity index (χ0) is 15.2. The quantitative estimate of drug-likeness (QED) is 0.865. The van der Waals surface area contributed by atoms with E-state index in [-0.39, 0.29) is 17.8 Å². The van der Waals surface area contributed by atoms with E-state index in [2.05, 4.69) is 5.32 Å². The minimum atomic E-state index is -0.273. The molecule has 0 radical (unpaired) electrons. The third-order valence-electron chi connectivity index (χ3n) is 3.60. The zero-order valence-electron chi connectivity index (χ0n) is 12.3. The molecule has 0 bridgehead atoms. The van der Waals surface area contributed by atoms with Crippen LogP contribution in [0.25, 0.3) is 0 Å². The van der Waals surface area contributed by atoms with Crippen LogP contribution < -0.4 is 10.2 Å². The van der Waals surface area contributed by atoms with Crippen molar-refractivity contribution in [2.75, 3.05) is 12.4 Å². The van der Waals surface area contributed by atoms with Gasteiger partial charge in [-0.05, 0) is 25.1 Å². The summed E-state index contributed by atoms with van der Waals surface area (Å²) >= 11 is 0. The lowest BCUT2D eigenvalue weighted by Crippen LogP contribution is -3.12. The fraction of sp³-hybridized carbons (Fsp3) is 0.235. The first-order valence-electron chi connectivity index (χ1n) is 6.99. The summed E-state index contributed by atoms with van der Waals surface area (Å²) in [5.41, 5.74) is 1.39. The lowest BCUT2D eigenvalue weighted by Gasteiger charge is -2.21. The minimum absolute atomic E-state index is 0.0740. The monoisotopic (exact) mass is 287 g/mol. The van der Waals surface area contributed by atoms with Gasteiger partial charge in [0.25, 0.3) is 5.91 Å². The molecule has 0 aromatic heterocycles. The second kappa shape index (κ2) is 6.99. The van der Waals surface area contributed by atoms with Crippen LogP contribution in [0.2, 0.25) is 0 Å². The highest BCUT2D eigenvalue weighted by Crippen LogP contribution is 2.06. The number of quaternary nitrogens is 1. The third kappa shape index (κ3) is 4.13. The van der Waals surface area contributed by atoms with E-state index in [1.54, 1.807) is 18.2 Å². The molecule has 110 valence electrons. The first-order valence-corrected chi connectivity index (χ1v) is 6.99. The summed E-state index contributed by atoms with van der Waals surface area (Å²) in [6, 6.07) is 15.7. The van der Waals surface area contributed by atoms with Crippen LogP contribution in [0.1, 0.15) is 12.5 Å². The number of carbonyl (C=O) groups is 1. The van der Waals surface area contributed by atoms with E-state index >= 15 is 0 Å². The van der Waals surface area contributed by atoms with Gasteiger partial charge in [0.05, 0.1) is 7.05 Å². The van der Waals surface area contributed by atoms with Crippen molar-refractivity contribution in [2.24, 2.45) is 0 Å². The molecule has 0 saturated carbocycles. The summed E-state index contributed by atoms with van der Waals surface area (Å²) in [5.74, 6) is -0.303. The summed E-state index contributed by atoms with van der Waals surface area (Å²) in [7, 11) is 1.89. The molecule has 0 saturated heterocycles. The van der Waals surface area contributed by atoms with Gasteiger partial charge in [0.15, 0.2) is 6.04 Å². The maximum Gasteiger partial charge on any atom is 0.282 e. The number of para-hydroxylation sites is 1. The molecule has 1 amide bonds. The Bertz CT molecular complexity index is 601. The van der Waals surface area contributed by atoms with E-state index in [1.807, 2.05) is 44.3 Å². The van der Waals surface area contributed by atoms with Gasteiger partial charge >= 0.3 is 0 Å². The molecule has 2 rings (SSSR count). The number of carbonyl (C=O) groups excluding carboxylic acids is 1. The lowest BCUT2D eigenvalue weighted by atomic mass is 10.1. The highest BCUT2D eigenvalue weighted by Gasteiger charge is 2.22. The second-order valence-corrected chi connectivity index (χ2v) is 5.19. The van der Waals surface area contributed by atoms with Gasteiger partial charge in [-0.2, -0.15) is 0 Å². The molecule has 3 nitrogen and oxygen atoms in total. The number of halogens is 1. The second-order valence-electron chi connectivity index (χ2n) is 5.19. The number of nitrogens with one attached hydrogen (secondary N) is 2. The van der Waals surface area contributed by atoms with Crippen LogP contribution in [-0.4, -0.2) is 19.0 Å². The van der Waals surface area contributed by atoms with Crippen LogP contribution in [0.15, 0.2) is 54.6 Å². The number of anilines is 1. The number of amides is 1. The summed E-state index contributed by atoms with van der Waals surface area (Å²) in [6.07, 6.45) is 0. The topological polar surface area (TPSA) is 33.5 Å². The highest BCUT2D eigenvalue weighted by molar-refractivity contribution is 5.93. The van der Waals surface area contributed by atoms with Crippen molar-refractivity contribution in [2.45, 2.75) is 19.5 Å². The molecule has 2 N–H and O–H groups in total. The molecule has 0 aliphatic carbocycles. The van der Waals surface area contributed by atoms with Gasteiger partial charge in [0, 0.05) is 11.3 Å². The highest BCUT2D eigenvalue weighted by atomic mass is 19.1. The van der Waals surface area contributed by atoms with E-state index in [0.29, 0.717) is 12.1 Å². The van der Waals surface area contributed by atoms with E-state index in [0.717, 1.165) is 10.6 Å². The van der Waals surface area contributed by atoms with Crippen molar-refractivity contribution < 1.29 is 14.1 Å².